The lowest BCUT2D eigenvalue weighted by Gasteiger charge is -2.24. The molecule has 0 saturated heterocycles. The quantitative estimate of drug-likeness (QED) is 0.699. The van der Waals surface area contributed by atoms with Gasteiger partial charge < -0.3 is 15.5 Å². The van der Waals surface area contributed by atoms with Crippen LogP contribution in [0.3, 0.4) is 0 Å². The number of carboxylic acid groups (broad SMARTS) is 1. The molecule has 6 nitrogen and oxygen atoms in total. The molecule has 6 heteroatoms. The van der Waals surface area contributed by atoms with Crippen molar-refractivity contribution in [1.29, 1.82) is 0 Å². The van der Waals surface area contributed by atoms with Gasteiger partial charge in [0, 0.05) is 19.3 Å². The van der Waals surface area contributed by atoms with Crippen LogP contribution in [-0.2, 0) is 0 Å². The first-order valence-corrected chi connectivity index (χ1v) is 6.45. The average molecular weight is 280 g/mol. The smallest absolute Gasteiger partial charge is 0.338 e. The van der Waals surface area contributed by atoms with E-state index in [0.29, 0.717) is 13.0 Å². The van der Waals surface area contributed by atoms with Crippen LogP contribution in [0, 0.1) is 5.41 Å². The highest BCUT2D eigenvalue weighted by molar-refractivity contribution is 6.03. The zero-order valence-corrected chi connectivity index (χ0v) is 11.7. The van der Waals surface area contributed by atoms with E-state index in [1.54, 1.807) is 0 Å². The highest BCUT2D eigenvalue weighted by atomic mass is 16.4. The van der Waals surface area contributed by atoms with E-state index in [-0.39, 0.29) is 23.3 Å². The summed E-state index contributed by atoms with van der Waals surface area (Å²) in [5, 5.41) is 20.5. The lowest BCUT2D eigenvalue weighted by Crippen LogP contribution is -2.35. The Morgan fingerprint density at radius 2 is 2.10 bits per heavy atom. The molecule has 1 aromatic heterocycles. The second-order valence-corrected chi connectivity index (χ2v) is 5.38. The Morgan fingerprint density at radius 1 is 1.40 bits per heavy atom. The number of rotatable bonds is 7. The van der Waals surface area contributed by atoms with Crippen molar-refractivity contribution in [3.8, 4) is 0 Å². The van der Waals surface area contributed by atoms with Gasteiger partial charge in [0.05, 0.1) is 5.56 Å². The lowest BCUT2D eigenvalue weighted by atomic mass is 9.88. The maximum Gasteiger partial charge on any atom is 0.338 e. The average Bonchev–Trinajstić information content (AvgIpc) is 2.42. The van der Waals surface area contributed by atoms with E-state index in [0.717, 1.165) is 6.42 Å². The van der Waals surface area contributed by atoms with Crippen molar-refractivity contribution < 1.29 is 19.8 Å². The number of hydrogen-bond acceptors (Lipinski definition) is 4. The van der Waals surface area contributed by atoms with Gasteiger partial charge in [-0.15, -0.1) is 0 Å². The Labute approximate surface area is 117 Å². The van der Waals surface area contributed by atoms with Crippen molar-refractivity contribution in [3.05, 3.63) is 29.6 Å². The molecule has 1 rings (SSSR count). The third kappa shape index (κ3) is 4.62. The molecule has 0 radical (unpaired) electrons. The molecule has 20 heavy (non-hydrogen) atoms. The Kier molecular flexibility index (Phi) is 5.64. The van der Waals surface area contributed by atoms with Crippen molar-refractivity contribution in [2.75, 3.05) is 13.2 Å². The van der Waals surface area contributed by atoms with Crippen molar-refractivity contribution in [3.63, 3.8) is 0 Å². The van der Waals surface area contributed by atoms with Gasteiger partial charge in [-0.25, -0.2) is 4.79 Å². The van der Waals surface area contributed by atoms with E-state index in [1.807, 2.05) is 13.8 Å². The van der Waals surface area contributed by atoms with Crippen molar-refractivity contribution in [2.24, 2.45) is 5.41 Å². The second kappa shape index (κ2) is 7.00. The number of hydrogen-bond donors (Lipinski definition) is 3. The molecule has 1 aromatic rings. The van der Waals surface area contributed by atoms with Gasteiger partial charge in [0.15, 0.2) is 0 Å². The van der Waals surface area contributed by atoms with Crippen LogP contribution in [0.25, 0.3) is 0 Å². The summed E-state index contributed by atoms with van der Waals surface area (Å²) < 4.78 is 0. The molecule has 0 saturated carbocycles. The zero-order valence-electron chi connectivity index (χ0n) is 11.7. The van der Waals surface area contributed by atoms with Crippen molar-refractivity contribution >= 4 is 11.9 Å². The molecule has 0 aromatic carbocycles. The molecule has 0 aliphatic rings. The van der Waals surface area contributed by atoms with Gasteiger partial charge in [-0.2, -0.15) is 0 Å². The molecule has 0 aliphatic heterocycles. The number of carboxylic acids is 1. The van der Waals surface area contributed by atoms with Gasteiger partial charge in [-0.1, -0.05) is 13.8 Å². The first-order chi connectivity index (χ1) is 9.37. The zero-order chi connectivity index (χ0) is 15.2. The molecule has 0 aliphatic carbocycles. The number of nitrogens with zero attached hydrogens (tertiary/aromatic N) is 1. The van der Waals surface area contributed by atoms with E-state index in [1.165, 1.54) is 18.3 Å². The van der Waals surface area contributed by atoms with Gasteiger partial charge in [0.2, 0.25) is 0 Å². The number of amides is 1. The summed E-state index contributed by atoms with van der Waals surface area (Å²) in [7, 11) is 0. The molecule has 0 unspecified atom stereocenters. The predicted octanol–water partition coefficient (Wildman–Crippen LogP) is 1.31. The first kappa shape index (κ1) is 16.1. The van der Waals surface area contributed by atoms with Crippen molar-refractivity contribution in [2.45, 2.75) is 26.7 Å². The topological polar surface area (TPSA) is 99.5 Å². The summed E-state index contributed by atoms with van der Waals surface area (Å²) in [4.78, 5) is 26.9. The number of nitrogens with one attached hydrogen (secondary N) is 1. The summed E-state index contributed by atoms with van der Waals surface area (Å²) in [5.74, 6) is -1.68. The molecule has 0 atom stereocenters. The molecule has 0 bridgehead atoms. The summed E-state index contributed by atoms with van der Waals surface area (Å²) in [6.45, 7) is 4.45. The van der Waals surface area contributed by atoms with Crippen LogP contribution in [-0.4, -0.2) is 40.2 Å². The monoisotopic (exact) mass is 280 g/mol. The van der Waals surface area contributed by atoms with Crippen LogP contribution in [0.15, 0.2) is 18.3 Å². The Hall–Kier alpha value is -1.95. The largest absolute Gasteiger partial charge is 0.478 e. The molecule has 1 amide bonds. The fourth-order valence-electron chi connectivity index (χ4n) is 1.81. The highest BCUT2D eigenvalue weighted by Gasteiger charge is 2.21. The fourth-order valence-corrected chi connectivity index (χ4v) is 1.81. The molecular weight excluding hydrogens is 260 g/mol. The maximum absolute atomic E-state index is 12.0. The summed E-state index contributed by atoms with van der Waals surface area (Å²) in [5.41, 5.74) is -0.368. The fraction of sp³-hybridized carbons (Fsp3) is 0.500. The van der Waals surface area contributed by atoms with Crippen LogP contribution in [0.2, 0.25) is 0 Å². The number of aromatic carboxylic acids is 1. The number of aromatic nitrogens is 1. The van der Waals surface area contributed by atoms with Crippen LogP contribution in [0.1, 0.15) is 47.5 Å². The number of aliphatic hydroxyl groups excluding tert-OH is 1. The summed E-state index contributed by atoms with van der Waals surface area (Å²) in [6.07, 6.45) is 2.81. The molecule has 1 heterocycles. The van der Waals surface area contributed by atoms with Crippen LogP contribution >= 0.6 is 0 Å². The van der Waals surface area contributed by atoms with Gasteiger partial charge in [-0.3, -0.25) is 9.78 Å². The second-order valence-electron chi connectivity index (χ2n) is 5.38. The van der Waals surface area contributed by atoms with Crippen LogP contribution < -0.4 is 5.32 Å². The molecule has 110 valence electrons. The Bertz CT molecular complexity index is 486. The van der Waals surface area contributed by atoms with E-state index in [4.69, 9.17) is 10.2 Å². The number of aliphatic hydroxyl groups is 1. The Balaban J connectivity index is 2.70. The predicted molar refractivity (Wildman–Crippen MR) is 73.6 cm³/mol. The van der Waals surface area contributed by atoms with Gasteiger partial charge >= 0.3 is 5.97 Å². The van der Waals surface area contributed by atoms with Crippen LogP contribution in [0.4, 0.5) is 0 Å². The normalized spacial score (nSPS) is 11.2. The minimum Gasteiger partial charge on any atom is -0.478 e. The van der Waals surface area contributed by atoms with Gasteiger partial charge in [0.1, 0.15) is 5.69 Å². The molecule has 0 fully saturated rings. The SMILES string of the molecule is CC(C)(CCCO)CNC(=O)c1ncccc1C(=O)O. The van der Waals surface area contributed by atoms with E-state index in [9.17, 15) is 9.59 Å². The number of carbonyl (C=O) groups is 2. The minimum absolute atomic E-state index is 0.0852. The van der Waals surface area contributed by atoms with Crippen molar-refractivity contribution in [1.82, 2.24) is 10.3 Å². The summed E-state index contributed by atoms with van der Waals surface area (Å²) in [6, 6.07) is 2.83. The van der Waals surface area contributed by atoms with E-state index >= 15 is 0 Å². The lowest BCUT2D eigenvalue weighted by molar-refractivity contribution is 0.0689. The number of pyridine rings is 1. The van der Waals surface area contributed by atoms with E-state index < -0.39 is 11.9 Å². The third-order valence-corrected chi connectivity index (χ3v) is 2.99. The first-order valence-electron chi connectivity index (χ1n) is 6.45. The standard InChI is InChI=1S/C14H20N2O4/c1-14(2,6-4-8-17)9-16-12(18)11-10(13(19)20)5-3-7-15-11/h3,5,7,17H,4,6,8-9H2,1-2H3,(H,16,18)(H,19,20). The van der Waals surface area contributed by atoms with Crippen LogP contribution in [0.5, 0.6) is 0 Å². The van der Waals surface area contributed by atoms with Gasteiger partial charge in [-0.05, 0) is 30.4 Å². The third-order valence-electron chi connectivity index (χ3n) is 2.99. The maximum atomic E-state index is 12.0. The Morgan fingerprint density at radius 3 is 2.70 bits per heavy atom. The summed E-state index contributed by atoms with van der Waals surface area (Å²) >= 11 is 0. The molecular formula is C14H20N2O4. The molecule has 3 N–H and O–H groups in total. The van der Waals surface area contributed by atoms with Gasteiger partial charge in [0.25, 0.3) is 5.91 Å². The highest BCUT2D eigenvalue weighted by Crippen LogP contribution is 2.21. The number of carbonyl (C=O) groups excluding carboxylic acids is 1. The van der Waals surface area contributed by atoms with E-state index in [2.05, 4.69) is 10.3 Å². The minimum atomic E-state index is -1.18. The molecule has 0 spiro atoms.